The van der Waals surface area contributed by atoms with Crippen molar-refractivity contribution >= 4 is 7.32 Å². The highest BCUT2D eigenvalue weighted by atomic mass is 19.1. The average molecular weight is 190 g/mol. The fraction of sp³-hybridized carbons (Fsp3) is 0. The van der Waals surface area contributed by atoms with E-state index in [1.165, 1.54) is 0 Å². The van der Waals surface area contributed by atoms with Crippen LogP contribution in [0.2, 0.25) is 0 Å². The van der Waals surface area contributed by atoms with Crippen LogP contribution in [0.5, 0.6) is 11.5 Å². The second-order valence-electron chi connectivity index (χ2n) is 2.18. The number of hydrogen-bond acceptors (Lipinski definition) is 4. The fourth-order valence-electron chi connectivity index (χ4n) is 0.765. The SMILES string of the molecule is OB(O)Oc1c(F)cc(O)cc1F. The van der Waals surface area contributed by atoms with Gasteiger partial charge < -0.3 is 19.8 Å². The van der Waals surface area contributed by atoms with Gasteiger partial charge in [0.1, 0.15) is 5.75 Å². The van der Waals surface area contributed by atoms with Crippen LogP contribution in [0, 0.1) is 11.6 Å². The van der Waals surface area contributed by atoms with Crippen molar-refractivity contribution in [3.8, 4) is 11.5 Å². The first-order valence-corrected chi connectivity index (χ1v) is 3.21. The van der Waals surface area contributed by atoms with E-state index in [1.54, 1.807) is 0 Å². The van der Waals surface area contributed by atoms with Gasteiger partial charge in [0.15, 0.2) is 17.4 Å². The molecule has 0 atom stereocenters. The van der Waals surface area contributed by atoms with Gasteiger partial charge in [0, 0.05) is 12.1 Å². The first-order chi connectivity index (χ1) is 6.00. The van der Waals surface area contributed by atoms with Crippen molar-refractivity contribution < 1.29 is 28.6 Å². The number of phenols is 1. The summed E-state index contributed by atoms with van der Waals surface area (Å²) in [7, 11) is -2.31. The van der Waals surface area contributed by atoms with Crippen LogP contribution in [0.15, 0.2) is 12.1 Å². The predicted molar refractivity (Wildman–Crippen MR) is 38.8 cm³/mol. The first kappa shape index (κ1) is 9.75. The van der Waals surface area contributed by atoms with E-state index in [1.807, 2.05) is 0 Å². The minimum Gasteiger partial charge on any atom is -0.508 e. The molecule has 0 aromatic heterocycles. The van der Waals surface area contributed by atoms with Gasteiger partial charge in [-0.15, -0.1) is 0 Å². The van der Waals surface area contributed by atoms with E-state index in [0.29, 0.717) is 12.1 Å². The van der Waals surface area contributed by atoms with Crippen molar-refractivity contribution in [2.75, 3.05) is 0 Å². The molecule has 0 spiro atoms. The van der Waals surface area contributed by atoms with Crippen LogP contribution >= 0.6 is 0 Å². The van der Waals surface area contributed by atoms with Gasteiger partial charge in [0.25, 0.3) is 0 Å². The Kier molecular flexibility index (Phi) is 2.69. The Morgan fingerprint density at radius 1 is 1.15 bits per heavy atom. The second kappa shape index (κ2) is 3.59. The Labute approximate surface area is 72.2 Å². The fourth-order valence-corrected chi connectivity index (χ4v) is 0.765. The average Bonchev–Trinajstić information content (AvgIpc) is 1.96. The largest absolute Gasteiger partial charge is 0.707 e. The predicted octanol–water partition coefficient (Wildman–Crippen LogP) is 0.0187. The van der Waals surface area contributed by atoms with E-state index in [2.05, 4.69) is 4.65 Å². The van der Waals surface area contributed by atoms with Crippen molar-refractivity contribution in [1.82, 2.24) is 0 Å². The Bertz CT molecular complexity index is 294. The lowest BCUT2D eigenvalue weighted by atomic mass is 10.2. The summed E-state index contributed by atoms with van der Waals surface area (Å²) in [6.07, 6.45) is 0. The minimum absolute atomic E-state index is 0.584. The van der Waals surface area contributed by atoms with Crippen molar-refractivity contribution in [3.63, 3.8) is 0 Å². The van der Waals surface area contributed by atoms with Gasteiger partial charge in [-0.25, -0.2) is 8.78 Å². The van der Waals surface area contributed by atoms with Crippen LogP contribution in [0.25, 0.3) is 0 Å². The van der Waals surface area contributed by atoms with Gasteiger partial charge in [-0.3, -0.25) is 0 Å². The lowest BCUT2D eigenvalue weighted by molar-refractivity contribution is 0.273. The molecule has 3 N–H and O–H groups in total. The summed E-state index contributed by atoms with van der Waals surface area (Å²) >= 11 is 0. The third-order valence-corrected chi connectivity index (χ3v) is 1.21. The van der Waals surface area contributed by atoms with Crippen LogP contribution < -0.4 is 4.65 Å². The van der Waals surface area contributed by atoms with Gasteiger partial charge in [0.2, 0.25) is 0 Å². The Hall–Kier alpha value is -1.34. The van der Waals surface area contributed by atoms with Gasteiger partial charge in [-0.1, -0.05) is 0 Å². The molecule has 0 radical (unpaired) electrons. The van der Waals surface area contributed by atoms with Crippen LogP contribution in [-0.4, -0.2) is 22.5 Å². The lowest BCUT2D eigenvalue weighted by Crippen LogP contribution is -2.21. The normalized spacial score (nSPS) is 9.85. The third kappa shape index (κ3) is 2.30. The summed E-state index contributed by atoms with van der Waals surface area (Å²) in [5.41, 5.74) is 0. The zero-order valence-corrected chi connectivity index (χ0v) is 6.24. The highest BCUT2D eigenvalue weighted by Crippen LogP contribution is 2.26. The number of hydrogen-bond donors (Lipinski definition) is 3. The molecule has 1 aromatic carbocycles. The minimum atomic E-state index is -2.31. The number of halogens is 2. The van der Waals surface area contributed by atoms with Crippen LogP contribution in [0.1, 0.15) is 0 Å². The number of aromatic hydroxyl groups is 1. The summed E-state index contributed by atoms with van der Waals surface area (Å²) in [6, 6.07) is 1.17. The quantitative estimate of drug-likeness (QED) is 0.574. The van der Waals surface area contributed by atoms with E-state index in [-0.39, 0.29) is 0 Å². The van der Waals surface area contributed by atoms with E-state index in [4.69, 9.17) is 15.2 Å². The van der Waals surface area contributed by atoms with Crippen molar-refractivity contribution in [2.45, 2.75) is 0 Å². The first-order valence-electron chi connectivity index (χ1n) is 3.21. The van der Waals surface area contributed by atoms with Gasteiger partial charge >= 0.3 is 7.32 Å². The molecule has 0 saturated carbocycles. The van der Waals surface area contributed by atoms with Crippen LogP contribution in [-0.2, 0) is 0 Å². The standard InChI is InChI=1S/C6H5BF2O4/c8-4-1-3(10)2-5(9)6(4)13-7(11)12/h1-2,10-12H. The molecular weight excluding hydrogens is 185 g/mol. The molecule has 0 heterocycles. The summed E-state index contributed by atoms with van der Waals surface area (Å²) in [5, 5.41) is 25.2. The monoisotopic (exact) mass is 190 g/mol. The Balaban J connectivity index is 3.06. The molecule has 4 nitrogen and oxygen atoms in total. The Morgan fingerprint density at radius 3 is 2.00 bits per heavy atom. The third-order valence-electron chi connectivity index (χ3n) is 1.21. The molecule has 1 rings (SSSR count). The van der Waals surface area contributed by atoms with Crippen molar-refractivity contribution in [2.24, 2.45) is 0 Å². The zero-order chi connectivity index (χ0) is 10.0. The van der Waals surface area contributed by atoms with E-state index in [0.717, 1.165) is 0 Å². The number of benzene rings is 1. The second-order valence-corrected chi connectivity index (χ2v) is 2.18. The van der Waals surface area contributed by atoms with Gasteiger partial charge in [-0.05, 0) is 0 Å². The number of phenolic OH excluding ortho intramolecular Hbond substituents is 1. The maximum Gasteiger partial charge on any atom is 0.707 e. The number of rotatable bonds is 2. The van der Waals surface area contributed by atoms with Crippen LogP contribution in [0.3, 0.4) is 0 Å². The molecule has 0 unspecified atom stereocenters. The summed E-state index contributed by atoms with van der Waals surface area (Å²) in [5.74, 6) is -4.00. The van der Waals surface area contributed by atoms with Crippen molar-refractivity contribution in [1.29, 1.82) is 0 Å². The summed E-state index contributed by atoms with van der Waals surface area (Å²) in [4.78, 5) is 0. The zero-order valence-electron chi connectivity index (χ0n) is 6.24. The molecule has 70 valence electrons. The van der Waals surface area contributed by atoms with E-state index in [9.17, 15) is 8.78 Å². The van der Waals surface area contributed by atoms with Crippen molar-refractivity contribution in [3.05, 3.63) is 23.8 Å². The molecule has 0 aliphatic rings. The summed E-state index contributed by atoms with van der Waals surface area (Å²) < 4.78 is 29.4. The smallest absolute Gasteiger partial charge is 0.508 e. The van der Waals surface area contributed by atoms with E-state index >= 15 is 0 Å². The summed E-state index contributed by atoms with van der Waals surface area (Å²) in [6.45, 7) is 0. The molecule has 0 aliphatic heterocycles. The molecule has 0 amide bonds. The molecule has 1 aromatic rings. The lowest BCUT2D eigenvalue weighted by Gasteiger charge is -2.06. The molecule has 0 fully saturated rings. The molecule has 0 aliphatic carbocycles. The van der Waals surface area contributed by atoms with Crippen LogP contribution in [0.4, 0.5) is 8.78 Å². The van der Waals surface area contributed by atoms with Gasteiger partial charge in [0.05, 0.1) is 0 Å². The maximum absolute atomic E-state index is 12.7. The van der Waals surface area contributed by atoms with Gasteiger partial charge in [-0.2, -0.15) is 0 Å². The highest BCUT2D eigenvalue weighted by molar-refractivity contribution is 6.33. The Morgan fingerprint density at radius 2 is 1.62 bits per heavy atom. The molecule has 7 heteroatoms. The maximum atomic E-state index is 12.7. The highest BCUT2D eigenvalue weighted by Gasteiger charge is 2.19. The molecule has 0 saturated heterocycles. The topological polar surface area (TPSA) is 69.9 Å². The molecule has 0 bridgehead atoms. The molecular formula is C6H5BF2O4. The molecule has 13 heavy (non-hydrogen) atoms. The van der Waals surface area contributed by atoms with E-state index < -0.39 is 30.5 Å².